The molecule has 0 radical (unpaired) electrons. The summed E-state index contributed by atoms with van der Waals surface area (Å²) in [7, 11) is 0. The molecule has 1 aliphatic carbocycles. The van der Waals surface area contributed by atoms with Gasteiger partial charge in [0.2, 0.25) is 5.91 Å². The van der Waals surface area contributed by atoms with Crippen molar-refractivity contribution >= 4 is 18.3 Å². The molecule has 1 amide bonds. The van der Waals surface area contributed by atoms with E-state index in [0.717, 1.165) is 25.2 Å². The van der Waals surface area contributed by atoms with Gasteiger partial charge in [-0.05, 0) is 50.4 Å². The lowest BCUT2D eigenvalue weighted by atomic mass is 9.80. The quantitative estimate of drug-likeness (QED) is 0.841. The Hall–Kier alpha value is -0.280. The van der Waals surface area contributed by atoms with Crippen LogP contribution in [0.15, 0.2) is 0 Å². The van der Waals surface area contributed by atoms with Gasteiger partial charge in [0.05, 0.1) is 0 Å². The minimum atomic E-state index is 0. The molecule has 2 heterocycles. The largest absolute Gasteiger partial charge is 0.353 e. The van der Waals surface area contributed by atoms with Crippen LogP contribution >= 0.6 is 12.4 Å². The number of nitrogens with one attached hydrogen (secondary N) is 2. The second-order valence-electron chi connectivity index (χ2n) is 7.22. The Bertz CT molecular complexity index is 324. The topological polar surface area (TPSA) is 41.1 Å². The van der Waals surface area contributed by atoms with Gasteiger partial charge >= 0.3 is 0 Å². The molecule has 3 aliphatic rings. The average molecular weight is 301 g/mol. The molecule has 4 unspecified atom stereocenters. The molecule has 0 spiro atoms. The van der Waals surface area contributed by atoms with E-state index in [1.165, 1.54) is 38.5 Å². The number of amides is 1. The lowest BCUT2D eigenvalue weighted by molar-refractivity contribution is -0.123. The fraction of sp³-hybridized carbons (Fsp3) is 0.938. The highest BCUT2D eigenvalue weighted by Crippen LogP contribution is 2.31. The SMILES string of the molecule is CC1CCCC(CC(=O)NC2CC3CCC(C2)N3)C1.Cl. The summed E-state index contributed by atoms with van der Waals surface area (Å²) in [4.78, 5) is 12.2. The number of hydrogen-bond acceptors (Lipinski definition) is 2. The molecule has 116 valence electrons. The minimum Gasteiger partial charge on any atom is -0.353 e. The van der Waals surface area contributed by atoms with Crippen LogP contribution in [0, 0.1) is 11.8 Å². The highest BCUT2D eigenvalue weighted by Gasteiger charge is 2.34. The van der Waals surface area contributed by atoms with Crippen LogP contribution in [-0.2, 0) is 4.79 Å². The van der Waals surface area contributed by atoms with Gasteiger partial charge in [0, 0.05) is 24.5 Å². The molecule has 0 aromatic rings. The van der Waals surface area contributed by atoms with Gasteiger partial charge in [0.15, 0.2) is 0 Å². The highest BCUT2D eigenvalue weighted by atomic mass is 35.5. The second-order valence-corrected chi connectivity index (χ2v) is 7.22. The first-order chi connectivity index (χ1) is 9.19. The number of fused-ring (bicyclic) bond motifs is 2. The normalized spacial score (nSPS) is 40.0. The van der Waals surface area contributed by atoms with Crippen molar-refractivity contribution in [3.05, 3.63) is 0 Å². The molecule has 3 rings (SSSR count). The predicted molar refractivity (Wildman–Crippen MR) is 84.1 cm³/mol. The monoisotopic (exact) mass is 300 g/mol. The van der Waals surface area contributed by atoms with Crippen LogP contribution < -0.4 is 10.6 Å². The van der Waals surface area contributed by atoms with E-state index in [4.69, 9.17) is 0 Å². The second kappa shape index (κ2) is 7.13. The molecule has 0 aromatic heterocycles. The van der Waals surface area contributed by atoms with Crippen LogP contribution in [0.3, 0.4) is 0 Å². The maximum absolute atomic E-state index is 12.2. The summed E-state index contributed by atoms with van der Waals surface area (Å²) < 4.78 is 0. The van der Waals surface area contributed by atoms with Gasteiger partial charge in [-0.3, -0.25) is 4.79 Å². The third-order valence-electron chi connectivity index (χ3n) is 5.36. The molecule has 20 heavy (non-hydrogen) atoms. The predicted octanol–water partition coefficient (Wildman–Crippen LogP) is 3.02. The third kappa shape index (κ3) is 4.11. The number of hydrogen-bond donors (Lipinski definition) is 2. The Labute approximate surface area is 129 Å². The highest BCUT2D eigenvalue weighted by molar-refractivity contribution is 5.85. The van der Waals surface area contributed by atoms with E-state index in [1.807, 2.05) is 0 Å². The first-order valence-electron chi connectivity index (χ1n) is 8.24. The summed E-state index contributed by atoms with van der Waals surface area (Å²) in [6.07, 6.45) is 10.8. The first kappa shape index (κ1) is 16.1. The fourth-order valence-corrected chi connectivity index (χ4v) is 4.47. The van der Waals surface area contributed by atoms with E-state index in [0.29, 0.717) is 30.0 Å². The van der Waals surface area contributed by atoms with Crippen molar-refractivity contribution in [2.24, 2.45) is 11.8 Å². The van der Waals surface area contributed by atoms with Gasteiger partial charge in [-0.15, -0.1) is 12.4 Å². The number of carbonyl (C=O) groups excluding carboxylic acids is 1. The Balaban J connectivity index is 0.00000147. The Kier molecular flexibility index (Phi) is 5.74. The molecule has 2 bridgehead atoms. The van der Waals surface area contributed by atoms with E-state index in [1.54, 1.807) is 0 Å². The van der Waals surface area contributed by atoms with Crippen molar-refractivity contribution in [3.63, 3.8) is 0 Å². The standard InChI is InChI=1S/C16H28N2O.ClH/c1-11-3-2-4-12(7-11)8-16(19)18-15-9-13-5-6-14(10-15)17-13;/h11-15,17H,2-10H2,1H3,(H,18,19);1H. The van der Waals surface area contributed by atoms with Gasteiger partial charge in [-0.25, -0.2) is 0 Å². The maximum Gasteiger partial charge on any atom is 0.220 e. The van der Waals surface area contributed by atoms with Crippen molar-refractivity contribution < 1.29 is 4.79 Å². The zero-order valence-electron chi connectivity index (χ0n) is 12.6. The maximum atomic E-state index is 12.2. The fourth-order valence-electron chi connectivity index (χ4n) is 4.47. The molecular weight excluding hydrogens is 272 g/mol. The van der Waals surface area contributed by atoms with E-state index in [-0.39, 0.29) is 12.4 Å². The van der Waals surface area contributed by atoms with Gasteiger partial charge < -0.3 is 10.6 Å². The van der Waals surface area contributed by atoms with Crippen LogP contribution in [0.4, 0.5) is 0 Å². The number of piperidine rings is 1. The van der Waals surface area contributed by atoms with Crippen LogP contribution in [0.2, 0.25) is 0 Å². The summed E-state index contributed by atoms with van der Waals surface area (Å²) in [6, 6.07) is 1.77. The van der Waals surface area contributed by atoms with Crippen molar-refractivity contribution in [3.8, 4) is 0 Å². The van der Waals surface area contributed by atoms with Crippen molar-refractivity contribution in [1.82, 2.24) is 10.6 Å². The first-order valence-corrected chi connectivity index (χ1v) is 8.24. The summed E-state index contributed by atoms with van der Waals surface area (Å²) in [5, 5.41) is 6.93. The number of halogens is 1. The van der Waals surface area contributed by atoms with Gasteiger partial charge in [-0.2, -0.15) is 0 Å². The number of rotatable bonds is 3. The third-order valence-corrected chi connectivity index (χ3v) is 5.36. The van der Waals surface area contributed by atoms with Crippen molar-refractivity contribution in [1.29, 1.82) is 0 Å². The van der Waals surface area contributed by atoms with Gasteiger partial charge in [0.25, 0.3) is 0 Å². The molecule has 4 heteroatoms. The van der Waals surface area contributed by atoms with Crippen LogP contribution in [0.25, 0.3) is 0 Å². The van der Waals surface area contributed by atoms with Crippen LogP contribution in [-0.4, -0.2) is 24.0 Å². The molecule has 2 saturated heterocycles. The summed E-state index contributed by atoms with van der Waals surface area (Å²) in [5.41, 5.74) is 0. The molecular formula is C16H29ClN2O. The zero-order chi connectivity index (χ0) is 13.2. The average Bonchev–Trinajstić information content (AvgIpc) is 2.68. The lowest BCUT2D eigenvalue weighted by Crippen LogP contribution is -2.48. The molecule has 4 atom stereocenters. The van der Waals surface area contributed by atoms with Gasteiger partial charge in [0.1, 0.15) is 0 Å². The van der Waals surface area contributed by atoms with E-state index >= 15 is 0 Å². The van der Waals surface area contributed by atoms with Gasteiger partial charge in [-0.1, -0.05) is 19.8 Å². The van der Waals surface area contributed by atoms with E-state index < -0.39 is 0 Å². The number of carbonyl (C=O) groups is 1. The van der Waals surface area contributed by atoms with Crippen LogP contribution in [0.1, 0.15) is 64.7 Å². The zero-order valence-corrected chi connectivity index (χ0v) is 13.4. The van der Waals surface area contributed by atoms with E-state index in [9.17, 15) is 4.79 Å². The molecule has 3 fully saturated rings. The molecule has 3 nitrogen and oxygen atoms in total. The van der Waals surface area contributed by atoms with E-state index in [2.05, 4.69) is 17.6 Å². The van der Waals surface area contributed by atoms with Crippen LogP contribution in [0.5, 0.6) is 0 Å². The molecule has 2 N–H and O–H groups in total. The minimum absolute atomic E-state index is 0. The molecule has 2 aliphatic heterocycles. The Morgan fingerprint density at radius 1 is 1.10 bits per heavy atom. The summed E-state index contributed by atoms with van der Waals surface area (Å²) in [5.74, 6) is 1.77. The van der Waals surface area contributed by atoms with Crippen molar-refractivity contribution in [2.75, 3.05) is 0 Å². The molecule has 0 aromatic carbocycles. The summed E-state index contributed by atoms with van der Waals surface area (Å²) >= 11 is 0. The molecule has 1 saturated carbocycles. The lowest BCUT2D eigenvalue weighted by Gasteiger charge is -2.31. The summed E-state index contributed by atoms with van der Waals surface area (Å²) in [6.45, 7) is 2.33. The van der Waals surface area contributed by atoms with Crippen molar-refractivity contribution in [2.45, 2.75) is 82.8 Å². The Morgan fingerprint density at radius 2 is 1.80 bits per heavy atom. The Morgan fingerprint density at radius 3 is 2.45 bits per heavy atom. The smallest absolute Gasteiger partial charge is 0.220 e.